The minimum Gasteiger partial charge on any atom is -0.316 e. The summed E-state index contributed by atoms with van der Waals surface area (Å²) in [5, 5.41) is 3.04. The Bertz CT molecular complexity index is 345. The zero-order valence-corrected chi connectivity index (χ0v) is 9.47. The summed E-state index contributed by atoms with van der Waals surface area (Å²) in [5.74, 6) is -3.08. The maximum absolute atomic E-state index is 13.6. The number of piperidine rings is 1. The molecule has 0 amide bonds. The fourth-order valence-corrected chi connectivity index (χ4v) is 2.11. The van der Waals surface area contributed by atoms with Crippen LogP contribution in [0.5, 0.6) is 0 Å². The van der Waals surface area contributed by atoms with E-state index in [4.69, 9.17) is 0 Å². The van der Waals surface area contributed by atoms with E-state index < -0.39 is 11.8 Å². The van der Waals surface area contributed by atoms with Crippen molar-refractivity contribution < 1.29 is 8.78 Å². The van der Waals surface area contributed by atoms with Crippen LogP contribution in [0.1, 0.15) is 17.5 Å². The largest absolute Gasteiger partial charge is 0.316 e. The van der Waals surface area contributed by atoms with Gasteiger partial charge in [0.05, 0.1) is 0 Å². The second-order valence-electron chi connectivity index (χ2n) is 4.60. The van der Waals surface area contributed by atoms with Crippen molar-refractivity contribution in [2.24, 2.45) is 5.92 Å². The van der Waals surface area contributed by atoms with Gasteiger partial charge in [0.25, 0.3) is 5.92 Å². The van der Waals surface area contributed by atoms with Gasteiger partial charge in [-0.2, -0.15) is 0 Å². The molecule has 1 fully saturated rings. The maximum Gasteiger partial charge on any atom is 0.253 e. The van der Waals surface area contributed by atoms with Crippen LogP contribution in [0.3, 0.4) is 0 Å². The smallest absolute Gasteiger partial charge is 0.253 e. The summed E-state index contributed by atoms with van der Waals surface area (Å²) < 4.78 is 27.2. The predicted molar refractivity (Wildman–Crippen MR) is 60.8 cm³/mol. The highest BCUT2D eigenvalue weighted by molar-refractivity contribution is 5.22. The summed E-state index contributed by atoms with van der Waals surface area (Å²) in [5.41, 5.74) is 2.16. The first kappa shape index (κ1) is 11.5. The molecule has 2 rings (SSSR count). The lowest BCUT2D eigenvalue weighted by Gasteiger charge is -2.32. The van der Waals surface area contributed by atoms with Crippen LogP contribution in [0.25, 0.3) is 0 Å². The Labute approximate surface area is 94.9 Å². The van der Waals surface area contributed by atoms with Crippen LogP contribution in [0.15, 0.2) is 24.3 Å². The van der Waals surface area contributed by atoms with Crippen molar-refractivity contribution in [2.45, 2.75) is 25.7 Å². The molecule has 1 nitrogen and oxygen atoms in total. The highest BCUT2D eigenvalue weighted by atomic mass is 19.3. The molecule has 0 spiro atoms. The molecule has 88 valence electrons. The number of hydrogen-bond donors (Lipinski definition) is 1. The molecule has 1 N–H and O–H groups in total. The highest BCUT2D eigenvalue weighted by Crippen LogP contribution is 2.32. The Hall–Kier alpha value is -0.960. The Morgan fingerprint density at radius 3 is 2.62 bits per heavy atom. The van der Waals surface area contributed by atoms with Gasteiger partial charge in [-0.3, -0.25) is 0 Å². The van der Waals surface area contributed by atoms with Crippen LogP contribution in [0.4, 0.5) is 8.78 Å². The van der Waals surface area contributed by atoms with Gasteiger partial charge in [-0.15, -0.1) is 0 Å². The van der Waals surface area contributed by atoms with E-state index in [1.165, 1.54) is 0 Å². The van der Waals surface area contributed by atoms with Gasteiger partial charge in [0.1, 0.15) is 0 Å². The fraction of sp³-hybridized carbons (Fsp3) is 0.538. The molecule has 1 atom stereocenters. The average Bonchev–Trinajstić information content (AvgIpc) is 2.24. The van der Waals surface area contributed by atoms with E-state index in [1.54, 1.807) is 0 Å². The van der Waals surface area contributed by atoms with Gasteiger partial charge >= 0.3 is 0 Å². The molecule has 1 aliphatic heterocycles. The Kier molecular flexibility index (Phi) is 3.24. The minimum absolute atomic E-state index is 0.0382. The van der Waals surface area contributed by atoms with Crippen molar-refractivity contribution in [3.63, 3.8) is 0 Å². The number of nitrogens with one attached hydrogen (secondary N) is 1. The first-order valence-electron chi connectivity index (χ1n) is 5.72. The van der Waals surface area contributed by atoms with Crippen LogP contribution in [0, 0.1) is 12.8 Å². The van der Waals surface area contributed by atoms with E-state index in [0.717, 1.165) is 11.1 Å². The van der Waals surface area contributed by atoms with Crippen LogP contribution >= 0.6 is 0 Å². The van der Waals surface area contributed by atoms with Crippen molar-refractivity contribution in [3.8, 4) is 0 Å². The van der Waals surface area contributed by atoms with Crippen molar-refractivity contribution in [1.29, 1.82) is 0 Å². The summed E-state index contributed by atoms with van der Waals surface area (Å²) in [6, 6.07) is 7.84. The number of alkyl halides is 2. The second-order valence-corrected chi connectivity index (χ2v) is 4.60. The van der Waals surface area contributed by atoms with Crippen LogP contribution in [-0.2, 0) is 6.42 Å². The molecule has 16 heavy (non-hydrogen) atoms. The normalized spacial score (nSPS) is 24.3. The van der Waals surface area contributed by atoms with Crippen LogP contribution in [0.2, 0.25) is 0 Å². The van der Waals surface area contributed by atoms with Gasteiger partial charge in [0.15, 0.2) is 0 Å². The van der Waals surface area contributed by atoms with E-state index in [-0.39, 0.29) is 6.42 Å². The van der Waals surface area contributed by atoms with E-state index in [9.17, 15) is 8.78 Å². The van der Waals surface area contributed by atoms with Crippen molar-refractivity contribution in [2.75, 3.05) is 13.1 Å². The summed E-state index contributed by atoms with van der Waals surface area (Å²) in [6.45, 7) is 2.85. The molecular formula is C13H17F2N. The van der Waals surface area contributed by atoms with Gasteiger partial charge in [-0.1, -0.05) is 29.8 Å². The van der Waals surface area contributed by atoms with Gasteiger partial charge in [-0.25, -0.2) is 8.78 Å². The first-order valence-corrected chi connectivity index (χ1v) is 5.72. The van der Waals surface area contributed by atoms with Gasteiger partial charge in [0, 0.05) is 25.4 Å². The molecule has 1 aromatic rings. The van der Waals surface area contributed by atoms with Gasteiger partial charge < -0.3 is 5.32 Å². The molecule has 0 radical (unpaired) electrons. The third-order valence-electron chi connectivity index (χ3n) is 3.23. The molecule has 1 unspecified atom stereocenters. The lowest BCUT2D eigenvalue weighted by atomic mass is 9.88. The van der Waals surface area contributed by atoms with Crippen molar-refractivity contribution in [3.05, 3.63) is 35.4 Å². The number of benzene rings is 1. The summed E-state index contributed by atoms with van der Waals surface area (Å²) in [4.78, 5) is 0. The third kappa shape index (κ3) is 2.59. The maximum atomic E-state index is 13.6. The molecule has 1 aliphatic rings. The highest BCUT2D eigenvalue weighted by Gasteiger charge is 2.41. The molecular weight excluding hydrogens is 208 g/mol. The number of hydrogen-bond acceptors (Lipinski definition) is 1. The number of halogens is 2. The van der Waals surface area contributed by atoms with Crippen LogP contribution < -0.4 is 5.32 Å². The zero-order chi connectivity index (χ0) is 11.6. The summed E-state index contributed by atoms with van der Waals surface area (Å²) >= 11 is 0. The third-order valence-corrected chi connectivity index (χ3v) is 3.23. The fourth-order valence-electron chi connectivity index (χ4n) is 2.11. The van der Waals surface area contributed by atoms with E-state index in [0.29, 0.717) is 19.5 Å². The number of aryl methyl sites for hydroxylation is 1. The minimum atomic E-state index is -2.52. The summed E-state index contributed by atoms with van der Waals surface area (Å²) in [7, 11) is 0. The Balaban J connectivity index is 2.05. The molecule has 0 saturated carbocycles. The summed E-state index contributed by atoms with van der Waals surface area (Å²) in [6.07, 6.45) is 0.420. The topological polar surface area (TPSA) is 12.0 Å². The molecule has 0 bridgehead atoms. The lowest BCUT2D eigenvalue weighted by Crippen LogP contribution is -2.45. The molecule has 3 heteroatoms. The predicted octanol–water partition coefficient (Wildman–Crippen LogP) is 2.78. The van der Waals surface area contributed by atoms with Crippen molar-refractivity contribution >= 4 is 0 Å². The van der Waals surface area contributed by atoms with Crippen LogP contribution in [-0.4, -0.2) is 19.0 Å². The monoisotopic (exact) mass is 225 g/mol. The SMILES string of the molecule is Cc1ccc(CC2CNCCC2(F)F)cc1. The van der Waals surface area contributed by atoms with Gasteiger partial charge in [-0.05, 0) is 18.9 Å². The standard InChI is InChI=1S/C13H17F2N/c1-10-2-4-11(5-3-10)8-12-9-16-7-6-13(12,14)15/h2-5,12,16H,6-9H2,1H3. The van der Waals surface area contributed by atoms with Crippen molar-refractivity contribution in [1.82, 2.24) is 5.32 Å². The average molecular weight is 225 g/mol. The first-order chi connectivity index (χ1) is 7.58. The lowest BCUT2D eigenvalue weighted by molar-refractivity contribution is -0.0776. The zero-order valence-electron chi connectivity index (χ0n) is 9.47. The molecule has 0 aliphatic carbocycles. The second kappa shape index (κ2) is 4.50. The Morgan fingerprint density at radius 2 is 2.00 bits per heavy atom. The van der Waals surface area contributed by atoms with E-state index in [2.05, 4.69) is 5.32 Å². The Morgan fingerprint density at radius 1 is 1.31 bits per heavy atom. The molecule has 0 aromatic heterocycles. The molecule has 1 saturated heterocycles. The molecule has 1 aromatic carbocycles. The number of rotatable bonds is 2. The molecule has 1 heterocycles. The van der Waals surface area contributed by atoms with E-state index in [1.807, 2.05) is 31.2 Å². The van der Waals surface area contributed by atoms with Gasteiger partial charge in [0.2, 0.25) is 0 Å². The quantitative estimate of drug-likeness (QED) is 0.816. The van der Waals surface area contributed by atoms with E-state index >= 15 is 0 Å².